The lowest BCUT2D eigenvalue weighted by atomic mass is 10.3. The molecule has 9 heteroatoms. The minimum atomic E-state index is -0.799. The van der Waals surface area contributed by atoms with Crippen LogP contribution in [0.15, 0.2) is 41.9 Å². The van der Waals surface area contributed by atoms with Gasteiger partial charge in [0.1, 0.15) is 17.5 Å². The van der Waals surface area contributed by atoms with Crippen LogP contribution in [-0.4, -0.2) is 16.1 Å². The molecule has 2 heterocycles. The van der Waals surface area contributed by atoms with E-state index in [4.69, 9.17) is 4.74 Å². The highest BCUT2D eigenvalue weighted by Gasteiger charge is 2.15. The first kappa shape index (κ1) is 16.8. The smallest absolute Gasteiger partial charge is 0.388 e. The highest BCUT2D eigenvalue weighted by molar-refractivity contribution is 7.14. The zero-order valence-corrected chi connectivity index (χ0v) is 13.7. The summed E-state index contributed by atoms with van der Waals surface area (Å²) in [7, 11) is 0. The third kappa shape index (κ3) is 4.27. The molecule has 0 aliphatic rings. The molecule has 0 aliphatic heterocycles. The van der Waals surface area contributed by atoms with Crippen molar-refractivity contribution in [1.82, 2.24) is 9.97 Å². The van der Waals surface area contributed by atoms with Gasteiger partial charge in [-0.15, -0.1) is 11.3 Å². The predicted molar refractivity (Wildman–Crippen MR) is 90.4 cm³/mol. The number of aromatic nitrogens is 2. The van der Waals surface area contributed by atoms with E-state index in [0.29, 0.717) is 5.82 Å². The number of carbonyl (C=O) groups excluding carboxylic acids is 1. The second-order valence-electron chi connectivity index (χ2n) is 4.91. The van der Waals surface area contributed by atoms with Gasteiger partial charge >= 0.3 is 6.09 Å². The highest BCUT2D eigenvalue weighted by Crippen LogP contribution is 2.32. The number of benzene rings is 1. The number of carbonyl (C=O) groups is 1. The molecule has 3 rings (SSSR count). The average Bonchev–Trinajstić information content (AvgIpc) is 2.97. The van der Waals surface area contributed by atoms with Crippen molar-refractivity contribution in [1.29, 1.82) is 0 Å². The molecule has 3 aromatic rings. The summed E-state index contributed by atoms with van der Waals surface area (Å²) in [6, 6.07) is 8.13. The zero-order chi connectivity index (χ0) is 17.8. The molecule has 0 spiro atoms. The van der Waals surface area contributed by atoms with Crippen LogP contribution < -0.4 is 15.4 Å². The van der Waals surface area contributed by atoms with E-state index >= 15 is 0 Å². The summed E-state index contributed by atoms with van der Waals surface area (Å²) in [5.41, 5.74) is 2.05. The van der Waals surface area contributed by atoms with Gasteiger partial charge in [-0.25, -0.2) is 23.5 Å². The van der Waals surface area contributed by atoms with Crippen LogP contribution >= 0.6 is 11.3 Å². The number of nitrogens with one attached hydrogen (secondary N) is 2. The molecule has 128 valence electrons. The van der Waals surface area contributed by atoms with Crippen LogP contribution in [0.3, 0.4) is 0 Å². The molecule has 2 aromatic heterocycles. The van der Waals surface area contributed by atoms with Gasteiger partial charge < -0.3 is 10.1 Å². The number of aryl methyl sites for hydroxylation is 1. The SMILES string of the molecule is Cc1cccc(NC(=O)Oc2ncsc2Nc2cc(F)ccc2F)n1. The lowest BCUT2D eigenvalue weighted by Gasteiger charge is -2.08. The molecule has 1 aromatic carbocycles. The fourth-order valence-electron chi connectivity index (χ4n) is 1.94. The van der Waals surface area contributed by atoms with Gasteiger partial charge in [-0.1, -0.05) is 6.07 Å². The molecule has 0 saturated heterocycles. The Kier molecular flexibility index (Phi) is 4.85. The average molecular weight is 362 g/mol. The maximum absolute atomic E-state index is 13.7. The molecule has 0 unspecified atom stereocenters. The summed E-state index contributed by atoms with van der Waals surface area (Å²) in [5, 5.41) is 5.38. The number of nitrogens with zero attached hydrogens (tertiary/aromatic N) is 2. The monoisotopic (exact) mass is 362 g/mol. The number of rotatable bonds is 4. The molecule has 0 atom stereocenters. The number of hydrogen-bond donors (Lipinski definition) is 2. The Morgan fingerprint density at radius 2 is 2.08 bits per heavy atom. The fourth-order valence-corrected chi connectivity index (χ4v) is 2.56. The van der Waals surface area contributed by atoms with Crippen LogP contribution in [0, 0.1) is 18.6 Å². The Morgan fingerprint density at radius 3 is 2.88 bits per heavy atom. The molecule has 0 saturated carbocycles. The lowest BCUT2D eigenvalue weighted by Crippen LogP contribution is -2.18. The van der Waals surface area contributed by atoms with E-state index in [2.05, 4.69) is 20.6 Å². The minimum Gasteiger partial charge on any atom is -0.388 e. The van der Waals surface area contributed by atoms with Crippen molar-refractivity contribution in [3.8, 4) is 5.88 Å². The summed E-state index contributed by atoms with van der Waals surface area (Å²) in [4.78, 5) is 20.0. The van der Waals surface area contributed by atoms with Gasteiger partial charge in [-0.2, -0.15) is 0 Å². The molecule has 6 nitrogen and oxygen atoms in total. The van der Waals surface area contributed by atoms with Crippen LogP contribution in [-0.2, 0) is 0 Å². The first-order valence-corrected chi connectivity index (χ1v) is 7.97. The Hall–Kier alpha value is -3.07. The second-order valence-corrected chi connectivity index (χ2v) is 5.77. The van der Waals surface area contributed by atoms with Gasteiger partial charge in [0.25, 0.3) is 5.88 Å². The number of hydrogen-bond acceptors (Lipinski definition) is 6. The third-order valence-corrected chi connectivity index (χ3v) is 3.74. The standard InChI is InChI=1S/C16H12F2N4O2S/c1-9-3-2-4-13(20-9)22-16(23)24-14-15(25-8-19-14)21-12-7-10(17)5-6-11(12)18/h2-8,21H,1H3,(H,20,22,23). The third-order valence-electron chi connectivity index (χ3n) is 3.02. The van der Waals surface area contributed by atoms with Gasteiger partial charge in [0, 0.05) is 11.8 Å². The molecular formula is C16H12F2N4O2S. The number of thiazole rings is 1. The van der Waals surface area contributed by atoms with E-state index in [9.17, 15) is 13.6 Å². The van der Waals surface area contributed by atoms with Crippen molar-refractivity contribution in [2.75, 3.05) is 10.6 Å². The van der Waals surface area contributed by atoms with E-state index in [1.165, 1.54) is 5.51 Å². The van der Waals surface area contributed by atoms with Crippen LogP contribution in [0.1, 0.15) is 5.69 Å². The summed E-state index contributed by atoms with van der Waals surface area (Å²) in [6.07, 6.45) is -0.799. The van der Waals surface area contributed by atoms with Crippen molar-refractivity contribution >= 4 is 33.9 Å². The maximum Gasteiger partial charge on any atom is 0.419 e. The predicted octanol–water partition coefficient (Wildman–Crippen LogP) is 4.48. The largest absolute Gasteiger partial charge is 0.419 e. The zero-order valence-electron chi connectivity index (χ0n) is 12.9. The maximum atomic E-state index is 13.7. The summed E-state index contributed by atoms with van der Waals surface area (Å²) < 4.78 is 32.1. The Labute approximate surface area is 145 Å². The van der Waals surface area contributed by atoms with Gasteiger partial charge in [0.05, 0.1) is 11.2 Å². The van der Waals surface area contributed by atoms with Gasteiger partial charge in [-0.3, -0.25) is 5.32 Å². The molecule has 0 aliphatic carbocycles. The van der Waals surface area contributed by atoms with Crippen LogP contribution in [0.2, 0.25) is 0 Å². The van der Waals surface area contributed by atoms with Crippen LogP contribution in [0.25, 0.3) is 0 Å². The van der Waals surface area contributed by atoms with E-state index in [0.717, 1.165) is 35.2 Å². The van der Waals surface area contributed by atoms with E-state index in [1.54, 1.807) is 25.1 Å². The van der Waals surface area contributed by atoms with Crippen molar-refractivity contribution in [2.24, 2.45) is 0 Å². The summed E-state index contributed by atoms with van der Waals surface area (Å²) in [5.74, 6) is -0.974. The Bertz CT molecular complexity index is 917. The second kappa shape index (κ2) is 7.22. The van der Waals surface area contributed by atoms with Gasteiger partial charge in [0.15, 0.2) is 5.00 Å². The van der Waals surface area contributed by atoms with Crippen LogP contribution in [0.5, 0.6) is 5.88 Å². The van der Waals surface area contributed by atoms with Gasteiger partial charge in [0.2, 0.25) is 0 Å². The van der Waals surface area contributed by atoms with E-state index < -0.39 is 17.7 Å². The van der Waals surface area contributed by atoms with Crippen molar-refractivity contribution in [3.63, 3.8) is 0 Å². The molecule has 0 radical (unpaired) electrons. The molecular weight excluding hydrogens is 350 g/mol. The molecule has 0 fully saturated rings. The van der Waals surface area contributed by atoms with E-state index in [-0.39, 0.29) is 16.6 Å². The minimum absolute atomic E-state index is 0.0567. The lowest BCUT2D eigenvalue weighted by molar-refractivity contribution is 0.214. The van der Waals surface area contributed by atoms with Crippen molar-refractivity contribution in [2.45, 2.75) is 6.92 Å². The van der Waals surface area contributed by atoms with Gasteiger partial charge in [-0.05, 0) is 31.2 Å². The number of amides is 1. The number of pyridine rings is 1. The topological polar surface area (TPSA) is 76.1 Å². The molecule has 25 heavy (non-hydrogen) atoms. The number of ether oxygens (including phenoxy) is 1. The Morgan fingerprint density at radius 1 is 1.24 bits per heavy atom. The number of halogens is 2. The molecule has 0 bridgehead atoms. The first-order valence-electron chi connectivity index (χ1n) is 7.09. The fraction of sp³-hybridized carbons (Fsp3) is 0.0625. The summed E-state index contributed by atoms with van der Waals surface area (Å²) in [6.45, 7) is 1.78. The molecule has 1 amide bonds. The van der Waals surface area contributed by atoms with E-state index in [1.807, 2.05) is 0 Å². The van der Waals surface area contributed by atoms with Crippen molar-refractivity contribution in [3.05, 3.63) is 59.2 Å². The molecule has 2 N–H and O–H groups in total. The number of anilines is 3. The Balaban J connectivity index is 1.71. The van der Waals surface area contributed by atoms with Crippen LogP contribution in [0.4, 0.5) is 30.1 Å². The normalized spacial score (nSPS) is 10.4. The highest BCUT2D eigenvalue weighted by atomic mass is 32.1. The first-order chi connectivity index (χ1) is 12.0. The quantitative estimate of drug-likeness (QED) is 0.716. The van der Waals surface area contributed by atoms with Crippen molar-refractivity contribution < 1.29 is 18.3 Å². The summed E-state index contributed by atoms with van der Waals surface area (Å²) >= 11 is 1.08.